The molecule has 5 N–H and O–H groups in total. The van der Waals surface area contributed by atoms with Crippen LogP contribution in [0.2, 0.25) is 0 Å². The maximum absolute atomic E-state index is 11.5. The number of hydrogen-bond donors (Lipinski definition) is 5. The summed E-state index contributed by atoms with van der Waals surface area (Å²) in [7, 11) is 0. The van der Waals surface area contributed by atoms with Crippen LogP contribution in [0.1, 0.15) is 5.56 Å². The number of phenolic OH excluding ortho intramolecular Hbond substituents is 1. The van der Waals surface area contributed by atoms with Crippen molar-refractivity contribution in [3.05, 3.63) is 34.2 Å². The van der Waals surface area contributed by atoms with Gasteiger partial charge in [-0.1, -0.05) is 0 Å². The first-order valence-corrected chi connectivity index (χ1v) is 7.56. The summed E-state index contributed by atoms with van der Waals surface area (Å²) in [6.45, 7) is 1.04. The number of aryl methyl sites for hydroxylation is 1. The summed E-state index contributed by atoms with van der Waals surface area (Å²) in [6, 6.07) is 3.71. The van der Waals surface area contributed by atoms with Gasteiger partial charge in [0, 0.05) is 18.2 Å². The van der Waals surface area contributed by atoms with Crippen LogP contribution in [-0.4, -0.2) is 62.8 Å². The molecule has 3 rings (SSSR count). The van der Waals surface area contributed by atoms with Gasteiger partial charge in [-0.25, -0.2) is 4.79 Å². The van der Waals surface area contributed by atoms with Crippen LogP contribution in [0.15, 0.2) is 27.4 Å². The average molecular weight is 354 g/mol. The third kappa shape index (κ3) is 3.20. The van der Waals surface area contributed by atoms with Crippen molar-refractivity contribution in [2.24, 2.45) is 0 Å². The molecule has 2 heterocycles. The summed E-state index contributed by atoms with van der Waals surface area (Å²) in [5.74, 6) is -0.207. The minimum absolute atomic E-state index is 0.0422. The largest absolute Gasteiger partial charge is 0.508 e. The molecule has 2 aromatic rings. The lowest BCUT2D eigenvalue weighted by molar-refractivity contribution is -0.277. The van der Waals surface area contributed by atoms with Gasteiger partial charge in [-0.15, -0.1) is 0 Å². The fourth-order valence-electron chi connectivity index (χ4n) is 2.81. The predicted octanol–water partition coefficient (Wildman–Crippen LogP) is -1.01. The van der Waals surface area contributed by atoms with Crippen molar-refractivity contribution < 1.29 is 39.4 Å². The van der Waals surface area contributed by atoms with E-state index in [4.69, 9.17) is 13.9 Å². The third-order valence-electron chi connectivity index (χ3n) is 4.08. The van der Waals surface area contributed by atoms with Crippen LogP contribution >= 0.6 is 0 Å². The van der Waals surface area contributed by atoms with E-state index in [0.29, 0.717) is 10.9 Å². The Morgan fingerprint density at radius 1 is 1.12 bits per heavy atom. The van der Waals surface area contributed by atoms with E-state index in [1.165, 1.54) is 18.2 Å². The van der Waals surface area contributed by atoms with Gasteiger partial charge in [-0.2, -0.15) is 0 Å². The molecule has 0 radical (unpaired) electrons. The Morgan fingerprint density at radius 2 is 1.84 bits per heavy atom. The number of aliphatic hydroxyl groups is 4. The molecule has 5 atom stereocenters. The molecule has 1 aliphatic heterocycles. The summed E-state index contributed by atoms with van der Waals surface area (Å²) in [5, 5.41) is 49.1. The fourth-order valence-corrected chi connectivity index (χ4v) is 2.81. The predicted molar refractivity (Wildman–Crippen MR) is 83.3 cm³/mol. The molecule has 1 saturated heterocycles. The van der Waals surface area contributed by atoms with Crippen molar-refractivity contribution in [1.82, 2.24) is 0 Å². The lowest BCUT2D eigenvalue weighted by atomic mass is 9.99. The molecule has 0 amide bonds. The number of phenols is 1. The first-order chi connectivity index (χ1) is 11.8. The van der Waals surface area contributed by atoms with Crippen LogP contribution in [0, 0.1) is 6.92 Å². The van der Waals surface area contributed by atoms with Gasteiger partial charge in [0.2, 0.25) is 6.29 Å². The number of aromatic hydroxyl groups is 1. The zero-order chi connectivity index (χ0) is 18.3. The lowest BCUT2D eigenvalue weighted by Gasteiger charge is -2.39. The molecule has 136 valence electrons. The number of aliphatic hydroxyl groups excluding tert-OH is 4. The maximum atomic E-state index is 11.5. The molecule has 9 heteroatoms. The van der Waals surface area contributed by atoms with Gasteiger partial charge in [0.05, 0.1) is 12.0 Å². The topological polar surface area (TPSA) is 150 Å². The van der Waals surface area contributed by atoms with Crippen LogP contribution < -0.4 is 10.4 Å². The van der Waals surface area contributed by atoms with Crippen LogP contribution in [0.3, 0.4) is 0 Å². The fraction of sp³-hybridized carbons (Fsp3) is 0.438. The summed E-state index contributed by atoms with van der Waals surface area (Å²) in [5.41, 5.74) is -0.0233. The van der Waals surface area contributed by atoms with Gasteiger partial charge in [-0.05, 0) is 12.5 Å². The Bertz CT molecular complexity index is 828. The van der Waals surface area contributed by atoms with Crippen LogP contribution in [-0.2, 0) is 4.74 Å². The monoisotopic (exact) mass is 354 g/mol. The van der Waals surface area contributed by atoms with Gasteiger partial charge in [0.25, 0.3) is 0 Å². The Hall–Kier alpha value is -2.17. The summed E-state index contributed by atoms with van der Waals surface area (Å²) in [4.78, 5) is 11.5. The molecule has 0 saturated carbocycles. The Balaban J connectivity index is 2.01. The normalized spacial score (nSPS) is 29.7. The zero-order valence-corrected chi connectivity index (χ0v) is 13.2. The molecule has 1 fully saturated rings. The Morgan fingerprint density at radius 3 is 2.52 bits per heavy atom. The highest BCUT2D eigenvalue weighted by molar-refractivity contribution is 5.88. The van der Waals surface area contributed by atoms with Crippen molar-refractivity contribution in [1.29, 1.82) is 0 Å². The van der Waals surface area contributed by atoms with Crippen LogP contribution in [0.4, 0.5) is 0 Å². The molecule has 25 heavy (non-hydrogen) atoms. The van der Waals surface area contributed by atoms with Gasteiger partial charge in [0.15, 0.2) is 0 Å². The first kappa shape index (κ1) is 17.6. The van der Waals surface area contributed by atoms with Crippen molar-refractivity contribution in [3.8, 4) is 11.5 Å². The Labute approximate surface area is 141 Å². The van der Waals surface area contributed by atoms with Gasteiger partial charge >= 0.3 is 5.63 Å². The number of hydrogen-bond acceptors (Lipinski definition) is 9. The van der Waals surface area contributed by atoms with E-state index >= 15 is 0 Å². The SMILES string of the molecule is Cc1cc(=O)oc2cc(O)cc(O[C@@H]3O[C@H](CO)[C@@H](O)[C@H](O)[C@H]3O)c12. The zero-order valence-electron chi connectivity index (χ0n) is 13.2. The van der Waals surface area contributed by atoms with Crippen LogP contribution in [0.25, 0.3) is 11.0 Å². The Kier molecular flexibility index (Phi) is 4.67. The molecule has 0 bridgehead atoms. The second kappa shape index (κ2) is 6.62. The molecular weight excluding hydrogens is 336 g/mol. The van der Waals surface area contributed by atoms with Crippen molar-refractivity contribution >= 4 is 11.0 Å². The molecule has 1 aromatic carbocycles. The highest BCUT2D eigenvalue weighted by atomic mass is 16.7. The third-order valence-corrected chi connectivity index (χ3v) is 4.08. The average Bonchev–Trinajstić information content (AvgIpc) is 2.54. The number of benzene rings is 1. The molecule has 1 aromatic heterocycles. The molecule has 1 aliphatic rings. The molecular formula is C16H18O9. The molecule has 0 unspecified atom stereocenters. The van der Waals surface area contributed by atoms with Crippen molar-refractivity contribution in [2.45, 2.75) is 37.6 Å². The van der Waals surface area contributed by atoms with E-state index in [9.17, 15) is 30.3 Å². The highest BCUT2D eigenvalue weighted by Crippen LogP contribution is 2.34. The smallest absolute Gasteiger partial charge is 0.336 e. The minimum Gasteiger partial charge on any atom is -0.508 e. The van der Waals surface area contributed by atoms with E-state index in [1.807, 2.05) is 0 Å². The summed E-state index contributed by atoms with van der Waals surface area (Å²) < 4.78 is 15.9. The number of ether oxygens (including phenoxy) is 2. The second-order valence-electron chi connectivity index (χ2n) is 5.88. The first-order valence-electron chi connectivity index (χ1n) is 7.56. The second-order valence-corrected chi connectivity index (χ2v) is 5.88. The van der Waals surface area contributed by atoms with Gasteiger partial charge in [-0.3, -0.25) is 0 Å². The summed E-state index contributed by atoms with van der Waals surface area (Å²) in [6.07, 6.45) is -7.27. The van der Waals surface area contributed by atoms with Crippen molar-refractivity contribution in [2.75, 3.05) is 6.61 Å². The van der Waals surface area contributed by atoms with Crippen molar-refractivity contribution in [3.63, 3.8) is 0 Å². The van der Waals surface area contributed by atoms with Gasteiger partial charge < -0.3 is 39.4 Å². The minimum atomic E-state index is -1.61. The standard InChI is InChI=1S/C16H18O9/c1-6-2-11(19)23-8-3-7(18)4-9(12(6)8)24-16-15(22)14(21)13(20)10(5-17)25-16/h2-4,10,13-18,20-22H,5H2,1H3/t10-,13-,14+,15-,16-/m1/s1. The quantitative estimate of drug-likeness (QED) is 0.437. The molecule has 0 aliphatic carbocycles. The van der Waals surface area contributed by atoms with E-state index < -0.39 is 42.9 Å². The van der Waals surface area contributed by atoms with E-state index in [1.54, 1.807) is 6.92 Å². The lowest BCUT2D eigenvalue weighted by Crippen LogP contribution is -2.60. The number of rotatable bonds is 3. The van der Waals surface area contributed by atoms with Gasteiger partial charge in [0.1, 0.15) is 41.5 Å². The molecule has 9 nitrogen and oxygen atoms in total. The van der Waals surface area contributed by atoms with E-state index in [-0.39, 0.29) is 17.1 Å². The summed E-state index contributed by atoms with van der Waals surface area (Å²) >= 11 is 0. The maximum Gasteiger partial charge on any atom is 0.336 e. The van der Waals surface area contributed by atoms with E-state index in [0.717, 1.165) is 0 Å². The van der Waals surface area contributed by atoms with E-state index in [2.05, 4.69) is 0 Å². The van der Waals surface area contributed by atoms with Crippen LogP contribution in [0.5, 0.6) is 11.5 Å². The number of fused-ring (bicyclic) bond motifs is 1. The molecule has 0 spiro atoms. The highest BCUT2D eigenvalue weighted by Gasteiger charge is 2.44.